The number of halogens is 1. The Kier molecular flexibility index (Phi) is 5.76. The largest absolute Gasteiger partial charge is 0.478 e. The molecule has 1 heterocycles. The number of nitriles is 1. The molecule has 0 amide bonds. The van der Waals surface area contributed by atoms with Gasteiger partial charge in [-0.15, -0.1) is 5.10 Å². The molecule has 3 aromatic carbocycles. The van der Waals surface area contributed by atoms with E-state index in [4.69, 9.17) is 5.11 Å². The van der Waals surface area contributed by atoms with E-state index in [2.05, 4.69) is 35.3 Å². The zero-order chi connectivity index (χ0) is 24.5. The number of carboxylic acids is 1. The van der Waals surface area contributed by atoms with Crippen molar-refractivity contribution in [1.29, 1.82) is 5.26 Å². The van der Waals surface area contributed by atoms with E-state index in [1.807, 2.05) is 42.5 Å². The Morgan fingerprint density at radius 3 is 2.51 bits per heavy atom. The first-order chi connectivity index (χ1) is 17.0. The summed E-state index contributed by atoms with van der Waals surface area (Å²) in [7, 11) is 0. The van der Waals surface area contributed by atoms with Crippen molar-refractivity contribution in [3.05, 3.63) is 106 Å². The Morgan fingerprint density at radius 1 is 1.11 bits per heavy atom. The molecule has 0 spiro atoms. The van der Waals surface area contributed by atoms with Gasteiger partial charge in [-0.2, -0.15) is 9.65 Å². The average molecular weight is 464 g/mol. The molecule has 6 heteroatoms. The number of aromatic nitrogens is 2. The Morgan fingerprint density at radius 2 is 1.86 bits per heavy atom. The normalized spacial score (nSPS) is 14.2. The lowest BCUT2D eigenvalue weighted by molar-refractivity contribution is -0.131. The average Bonchev–Trinajstić information content (AvgIpc) is 3.63. The number of carbonyl (C=O) groups is 1. The van der Waals surface area contributed by atoms with Crippen molar-refractivity contribution in [2.75, 3.05) is 0 Å². The molecule has 0 atom stereocenters. The molecule has 1 aliphatic carbocycles. The van der Waals surface area contributed by atoms with Crippen molar-refractivity contribution in [2.45, 2.75) is 19.8 Å². The zero-order valence-electron chi connectivity index (χ0n) is 19.0. The first kappa shape index (κ1) is 22.3. The monoisotopic (exact) mass is 463 g/mol. The molecule has 172 valence electrons. The predicted octanol–water partition coefficient (Wildman–Crippen LogP) is 6.35. The van der Waals surface area contributed by atoms with E-state index in [0.717, 1.165) is 52.3 Å². The molecule has 0 unspecified atom stereocenters. The minimum atomic E-state index is -1.01. The number of hydrogen-bond donors (Lipinski definition) is 2. The third-order valence-corrected chi connectivity index (χ3v) is 6.38. The highest BCUT2D eigenvalue weighted by Gasteiger charge is 2.32. The van der Waals surface area contributed by atoms with E-state index in [0.29, 0.717) is 17.0 Å². The van der Waals surface area contributed by atoms with Crippen LogP contribution in [0.3, 0.4) is 0 Å². The number of fused-ring (bicyclic) bond motifs is 1. The van der Waals surface area contributed by atoms with Crippen LogP contribution in [-0.2, 0) is 4.79 Å². The van der Waals surface area contributed by atoms with Crippen molar-refractivity contribution in [1.82, 2.24) is 10.2 Å². The molecule has 0 radical (unpaired) electrons. The van der Waals surface area contributed by atoms with Gasteiger partial charge < -0.3 is 5.11 Å². The van der Waals surface area contributed by atoms with E-state index < -0.39 is 11.9 Å². The van der Waals surface area contributed by atoms with Gasteiger partial charge in [0.05, 0.1) is 16.5 Å². The van der Waals surface area contributed by atoms with Crippen LogP contribution in [0.4, 0.5) is 4.39 Å². The second kappa shape index (κ2) is 9.03. The maximum Gasteiger partial charge on any atom is 0.328 e. The zero-order valence-corrected chi connectivity index (χ0v) is 19.0. The van der Waals surface area contributed by atoms with E-state index in [1.165, 1.54) is 6.08 Å². The molecule has 35 heavy (non-hydrogen) atoms. The van der Waals surface area contributed by atoms with Gasteiger partial charge in [0, 0.05) is 11.6 Å². The molecule has 0 saturated heterocycles. The topological polar surface area (TPSA) is 89.8 Å². The highest BCUT2D eigenvalue weighted by atomic mass is 19.1. The van der Waals surface area contributed by atoms with Gasteiger partial charge >= 0.3 is 5.97 Å². The fourth-order valence-electron chi connectivity index (χ4n) is 4.59. The summed E-state index contributed by atoms with van der Waals surface area (Å²) in [5.41, 5.74) is 7.24. The highest BCUT2D eigenvalue weighted by Crippen LogP contribution is 2.49. The van der Waals surface area contributed by atoms with Crippen LogP contribution in [0.2, 0.25) is 0 Å². The number of H-pyrrole nitrogens is 1. The van der Waals surface area contributed by atoms with Gasteiger partial charge in [0.1, 0.15) is 6.07 Å². The van der Waals surface area contributed by atoms with Crippen LogP contribution in [0.15, 0.2) is 66.7 Å². The van der Waals surface area contributed by atoms with Gasteiger partial charge in [-0.3, -0.25) is 5.10 Å². The first-order valence-electron chi connectivity index (χ1n) is 11.4. The van der Waals surface area contributed by atoms with Gasteiger partial charge in [0.15, 0.2) is 0 Å². The Balaban J connectivity index is 1.82. The maximum atomic E-state index is 14.6. The Hall–Kier alpha value is -4.50. The third kappa shape index (κ3) is 4.24. The van der Waals surface area contributed by atoms with Crippen LogP contribution >= 0.6 is 0 Å². The van der Waals surface area contributed by atoms with Crippen LogP contribution in [0.25, 0.3) is 28.1 Å². The van der Waals surface area contributed by atoms with E-state index in [1.54, 1.807) is 6.07 Å². The van der Waals surface area contributed by atoms with Crippen molar-refractivity contribution in [2.24, 2.45) is 5.92 Å². The number of hydrogen-bond acceptors (Lipinski definition) is 3. The lowest BCUT2D eigenvalue weighted by atomic mass is 9.83. The molecule has 5 rings (SSSR count). The number of aliphatic carboxylic acids is 1. The molecule has 5 nitrogen and oxygen atoms in total. The Bertz CT molecular complexity index is 1550. The summed E-state index contributed by atoms with van der Waals surface area (Å²) in [5, 5.41) is 25.6. The highest BCUT2D eigenvalue weighted by molar-refractivity contribution is 6.04. The van der Waals surface area contributed by atoms with Crippen molar-refractivity contribution >= 4 is 34.1 Å². The van der Waals surface area contributed by atoms with Crippen LogP contribution < -0.4 is 0 Å². The molecule has 1 aliphatic rings. The summed E-state index contributed by atoms with van der Waals surface area (Å²) in [5.74, 6) is -1.38. The van der Waals surface area contributed by atoms with Crippen molar-refractivity contribution in [3.63, 3.8) is 0 Å². The third-order valence-electron chi connectivity index (χ3n) is 6.38. The molecule has 2 N–H and O–H groups in total. The first-order valence-corrected chi connectivity index (χ1v) is 11.4. The molecule has 0 bridgehead atoms. The Labute approximate surface area is 201 Å². The standard InChI is InChI=1S/C29H22FN3O2/c1-17-4-2-3-5-21(17)26(20-11-12-20)27(19-9-6-18(7-10-19)8-15-25(34)35)22-13-14-24-28(23(22)16-31)29(30)33-32-24/h2-10,13-15,20H,11-12H2,1H3,(H,32,33)(H,34,35). The van der Waals surface area contributed by atoms with E-state index >= 15 is 0 Å². The van der Waals surface area contributed by atoms with Gasteiger partial charge in [0.25, 0.3) is 0 Å². The van der Waals surface area contributed by atoms with Gasteiger partial charge in [-0.1, -0.05) is 54.6 Å². The quantitative estimate of drug-likeness (QED) is 0.258. The number of rotatable bonds is 6. The number of allylic oxidation sites excluding steroid dienone is 1. The summed E-state index contributed by atoms with van der Waals surface area (Å²) >= 11 is 0. The molecule has 0 aliphatic heterocycles. The second-order valence-electron chi connectivity index (χ2n) is 8.71. The maximum absolute atomic E-state index is 14.6. The number of benzene rings is 3. The van der Waals surface area contributed by atoms with Crippen LogP contribution in [0, 0.1) is 30.1 Å². The SMILES string of the molecule is Cc1ccccc1C(=C(c1ccc(C=CC(=O)O)cc1)c1ccc2[nH]nc(F)c2c1C#N)C1CC1. The predicted molar refractivity (Wildman–Crippen MR) is 134 cm³/mol. The second-order valence-corrected chi connectivity index (χ2v) is 8.71. The number of nitrogens with one attached hydrogen (secondary N) is 1. The summed E-state index contributed by atoms with van der Waals surface area (Å²) in [6.07, 6.45) is 4.71. The summed E-state index contributed by atoms with van der Waals surface area (Å²) < 4.78 is 14.6. The van der Waals surface area contributed by atoms with Gasteiger partial charge in [0.2, 0.25) is 5.95 Å². The summed E-state index contributed by atoms with van der Waals surface area (Å²) in [6, 6.07) is 21.6. The van der Waals surface area contributed by atoms with Crippen molar-refractivity contribution < 1.29 is 14.3 Å². The number of aromatic amines is 1. The van der Waals surface area contributed by atoms with Crippen LogP contribution in [0.1, 0.15) is 46.2 Å². The van der Waals surface area contributed by atoms with Crippen LogP contribution in [-0.4, -0.2) is 21.3 Å². The lowest BCUT2D eigenvalue weighted by Gasteiger charge is -2.20. The molecule has 1 saturated carbocycles. The number of aryl methyl sites for hydroxylation is 1. The smallest absolute Gasteiger partial charge is 0.328 e. The van der Waals surface area contributed by atoms with Gasteiger partial charge in [-0.25, -0.2) is 4.79 Å². The van der Waals surface area contributed by atoms with Crippen LogP contribution in [0.5, 0.6) is 0 Å². The summed E-state index contributed by atoms with van der Waals surface area (Å²) in [4.78, 5) is 10.9. The van der Waals surface area contributed by atoms with Crippen molar-refractivity contribution in [3.8, 4) is 6.07 Å². The fourth-order valence-corrected chi connectivity index (χ4v) is 4.59. The minimum absolute atomic E-state index is 0.184. The molecular weight excluding hydrogens is 441 g/mol. The lowest BCUT2D eigenvalue weighted by Crippen LogP contribution is -2.01. The summed E-state index contributed by atoms with van der Waals surface area (Å²) in [6.45, 7) is 2.07. The molecule has 1 fully saturated rings. The van der Waals surface area contributed by atoms with Gasteiger partial charge in [-0.05, 0) is 71.2 Å². The minimum Gasteiger partial charge on any atom is -0.478 e. The molecule has 4 aromatic rings. The molecule has 1 aromatic heterocycles. The number of nitrogens with zero attached hydrogens (tertiary/aromatic N) is 2. The van der Waals surface area contributed by atoms with E-state index in [9.17, 15) is 14.4 Å². The molecular formula is C29H22FN3O2. The number of carboxylic acid groups (broad SMARTS) is 1. The van der Waals surface area contributed by atoms with E-state index in [-0.39, 0.29) is 10.9 Å². The fraction of sp³-hybridized carbons (Fsp3) is 0.138.